The number of benzene rings is 3. The summed E-state index contributed by atoms with van der Waals surface area (Å²) in [6.07, 6.45) is 1.48. The van der Waals surface area contributed by atoms with Gasteiger partial charge in [-0.3, -0.25) is 10.2 Å². The van der Waals surface area contributed by atoms with Crippen molar-refractivity contribution >= 4 is 28.5 Å². The average Bonchev–Trinajstić information content (AvgIpc) is 2.82. The van der Waals surface area contributed by atoms with E-state index < -0.39 is 0 Å². The zero-order chi connectivity index (χ0) is 22.5. The molecule has 0 saturated heterocycles. The Labute approximate surface area is 186 Å². The molecule has 0 fully saturated rings. The van der Waals surface area contributed by atoms with Crippen LogP contribution in [0.25, 0.3) is 10.9 Å². The molecule has 7 nitrogen and oxygen atoms in total. The van der Waals surface area contributed by atoms with Crippen molar-refractivity contribution in [3.8, 4) is 0 Å². The van der Waals surface area contributed by atoms with Crippen molar-refractivity contribution in [1.29, 1.82) is 5.41 Å². The molecule has 4 aromatic rings. The minimum absolute atomic E-state index is 0.0359. The van der Waals surface area contributed by atoms with E-state index in [1.807, 2.05) is 54.6 Å². The summed E-state index contributed by atoms with van der Waals surface area (Å²) in [5.74, 6) is 0.651. The highest BCUT2D eigenvalue weighted by Gasteiger charge is 2.14. The summed E-state index contributed by atoms with van der Waals surface area (Å²) in [5, 5.41) is 11.7. The molecule has 1 aromatic heterocycles. The number of nitrogens with two attached hydrogens (primary N) is 1. The first-order valence-electron chi connectivity index (χ1n) is 10.2. The van der Waals surface area contributed by atoms with Crippen LogP contribution in [0.2, 0.25) is 0 Å². The van der Waals surface area contributed by atoms with Gasteiger partial charge in [-0.1, -0.05) is 48.5 Å². The van der Waals surface area contributed by atoms with E-state index in [2.05, 4.69) is 15.3 Å². The first kappa shape index (κ1) is 21.0. The lowest BCUT2D eigenvalue weighted by Crippen LogP contribution is -2.26. The van der Waals surface area contributed by atoms with Gasteiger partial charge < -0.3 is 16.0 Å². The van der Waals surface area contributed by atoms with Crippen LogP contribution in [0, 0.1) is 5.41 Å². The van der Waals surface area contributed by atoms with E-state index in [1.54, 1.807) is 30.1 Å². The lowest BCUT2D eigenvalue weighted by molar-refractivity contribution is 0.0785. The largest absolute Gasteiger partial charge is 0.384 e. The second kappa shape index (κ2) is 9.26. The van der Waals surface area contributed by atoms with Gasteiger partial charge in [-0.15, -0.1) is 0 Å². The van der Waals surface area contributed by atoms with E-state index in [-0.39, 0.29) is 11.7 Å². The molecular formula is C25H24N6O. The molecule has 0 atom stereocenters. The number of hydrogen-bond acceptors (Lipinski definition) is 5. The standard InChI is InChI=1S/C25H24N6O/c1-31(15-17-6-3-2-4-7-17)25(32)20-10-11-21-22(13-20)29-16-30-24(21)28-14-18-8-5-9-19(12-18)23(26)27/h2-13,16H,14-15H2,1H3,(H3,26,27)(H,28,29,30). The molecule has 0 aliphatic rings. The van der Waals surface area contributed by atoms with E-state index in [9.17, 15) is 4.79 Å². The summed E-state index contributed by atoms with van der Waals surface area (Å²) < 4.78 is 0. The zero-order valence-electron chi connectivity index (χ0n) is 17.7. The van der Waals surface area contributed by atoms with Gasteiger partial charge in [0.15, 0.2) is 0 Å². The molecule has 3 aromatic carbocycles. The predicted molar refractivity (Wildman–Crippen MR) is 127 cm³/mol. The summed E-state index contributed by atoms with van der Waals surface area (Å²) in [7, 11) is 1.79. The molecule has 1 amide bonds. The van der Waals surface area contributed by atoms with Gasteiger partial charge in [0.1, 0.15) is 18.0 Å². The van der Waals surface area contributed by atoms with Crippen molar-refractivity contribution in [3.63, 3.8) is 0 Å². The van der Waals surface area contributed by atoms with E-state index >= 15 is 0 Å². The number of carbonyl (C=O) groups is 1. The number of nitrogen functional groups attached to an aromatic ring is 1. The van der Waals surface area contributed by atoms with Crippen LogP contribution >= 0.6 is 0 Å². The Balaban J connectivity index is 1.51. The molecule has 7 heteroatoms. The van der Waals surface area contributed by atoms with Gasteiger partial charge in [0.25, 0.3) is 5.91 Å². The number of aromatic nitrogens is 2. The van der Waals surface area contributed by atoms with Crippen molar-refractivity contribution in [3.05, 3.63) is 101 Å². The third kappa shape index (κ3) is 4.73. The van der Waals surface area contributed by atoms with Crippen molar-refractivity contribution in [2.24, 2.45) is 5.73 Å². The summed E-state index contributed by atoms with van der Waals surface area (Å²) in [5.41, 5.74) is 9.59. The Morgan fingerprint density at radius 3 is 2.53 bits per heavy atom. The normalized spacial score (nSPS) is 10.7. The Hall–Kier alpha value is -4.26. The van der Waals surface area contributed by atoms with Gasteiger partial charge in [-0.2, -0.15) is 0 Å². The summed E-state index contributed by atoms with van der Waals surface area (Å²) in [4.78, 5) is 23.3. The average molecular weight is 425 g/mol. The van der Waals surface area contributed by atoms with Crippen LogP contribution in [0.5, 0.6) is 0 Å². The molecule has 1 heterocycles. The van der Waals surface area contributed by atoms with E-state index in [1.165, 1.54) is 6.33 Å². The van der Waals surface area contributed by atoms with E-state index in [4.69, 9.17) is 11.1 Å². The number of nitrogens with one attached hydrogen (secondary N) is 2. The van der Waals surface area contributed by atoms with Gasteiger partial charge in [0.05, 0.1) is 5.52 Å². The number of hydrogen-bond donors (Lipinski definition) is 3. The molecule has 0 aliphatic carbocycles. The van der Waals surface area contributed by atoms with Gasteiger partial charge in [-0.25, -0.2) is 9.97 Å². The van der Waals surface area contributed by atoms with Gasteiger partial charge in [0.2, 0.25) is 0 Å². The Kier molecular flexibility index (Phi) is 6.07. The van der Waals surface area contributed by atoms with Crippen LogP contribution in [-0.4, -0.2) is 33.7 Å². The maximum atomic E-state index is 12.9. The van der Waals surface area contributed by atoms with Crippen LogP contribution in [-0.2, 0) is 13.1 Å². The van der Waals surface area contributed by atoms with E-state index in [0.717, 1.165) is 16.5 Å². The molecule has 4 rings (SSSR count). The fourth-order valence-corrected chi connectivity index (χ4v) is 3.52. The van der Waals surface area contributed by atoms with E-state index in [0.29, 0.717) is 35.6 Å². The lowest BCUT2D eigenvalue weighted by Gasteiger charge is -2.18. The minimum Gasteiger partial charge on any atom is -0.384 e. The van der Waals surface area contributed by atoms with Crippen molar-refractivity contribution in [2.45, 2.75) is 13.1 Å². The molecule has 0 bridgehead atoms. The second-order valence-electron chi connectivity index (χ2n) is 7.57. The lowest BCUT2D eigenvalue weighted by atomic mass is 10.1. The smallest absolute Gasteiger partial charge is 0.253 e. The Morgan fingerprint density at radius 1 is 0.969 bits per heavy atom. The molecule has 4 N–H and O–H groups in total. The first-order chi connectivity index (χ1) is 15.5. The van der Waals surface area contributed by atoms with Gasteiger partial charge >= 0.3 is 0 Å². The number of carbonyl (C=O) groups excluding carboxylic acids is 1. The van der Waals surface area contributed by atoms with Crippen molar-refractivity contribution in [2.75, 3.05) is 12.4 Å². The van der Waals surface area contributed by atoms with Crippen LogP contribution in [0.3, 0.4) is 0 Å². The molecular weight excluding hydrogens is 400 g/mol. The fraction of sp³-hybridized carbons (Fsp3) is 0.120. The van der Waals surface area contributed by atoms with Gasteiger partial charge in [0, 0.05) is 36.7 Å². The minimum atomic E-state index is -0.0649. The van der Waals surface area contributed by atoms with Crippen LogP contribution in [0.1, 0.15) is 27.0 Å². The van der Waals surface area contributed by atoms with Crippen molar-refractivity contribution in [1.82, 2.24) is 14.9 Å². The maximum absolute atomic E-state index is 12.9. The number of anilines is 1. The number of amidine groups is 1. The maximum Gasteiger partial charge on any atom is 0.253 e. The molecule has 0 radical (unpaired) electrons. The monoisotopic (exact) mass is 424 g/mol. The molecule has 0 unspecified atom stereocenters. The van der Waals surface area contributed by atoms with Gasteiger partial charge in [-0.05, 0) is 35.4 Å². The Morgan fingerprint density at radius 2 is 1.75 bits per heavy atom. The van der Waals surface area contributed by atoms with Crippen LogP contribution < -0.4 is 11.1 Å². The topological polar surface area (TPSA) is 108 Å². The fourth-order valence-electron chi connectivity index (χ4n) is 3.52. The SMILES string of the molecule is CN(Cc1ccccc1)C(=O)c1ccc2c(NCc3cccc(C(=N)N)c3)ncnc2c1. The third-order valence-electron chi connectivity index (χ3n) is 5.19. The molecule has 0 saturated carbocycles. The number of rotatable bonds is 7. The second-order valence-corrected chi connectivity index (χ2v) is 7.57. The first-order valence-corrected chi connectivity index (χ1v) is 10.2. The molecule has 32 heavy (non-hydrogen) atoms. The highest BCUT2D eigenvalue weighted by atomic mass is 16.2. The summed E-state index contributed by atoms with van der Waals surface area (Å²) >= 11 is 0. The summed E-state index contributed by atoms with van der Waals surface area (Å²) in [6, 6.07) is 22.9. The number of amides is 1. The molecule has 0 spiro atoms. The zero-order valence-corrected chi connectivity index (χ0v) is 17.7. The predicted octanol–water partition coefficient (Wildman–Crippen LogP) is 3.80. The quantitative estimate of drug-likeness (QED) is 0.309. The Bertz CT molecular complexity index is 1270. The van der Waals surface area contributed by atoms with Crippen molar-refractivity contribution < 1.29 is 4.79 Å². The molecule has 160 valence electrons. The molecule has 0 aliphatic heterocycles. The number of nitrogens with zero attached hydrogens (tertiary/aromatic N) is 3. The highest BCUT2D eigenvalue weighted by molar-refractivity contribution is 5.99. The third-order valence-corrected chi connectivity index (χ3v) is 5.19. The highest BCUT2D eigenvalue weighted by Crippen LogP contribution is 2.22. The number of fused-ring (bicyclic) bond motifs is 1. The van der Waals surface area contributed by atoms with Crippen LogP contribution in [0.4, 0.5) is 5.82 Å². The summed E-state index contributed by atoms with van der Waals surface area (Å²) in [6.45, 7) is 1.06. The van der Waals surface area contributed by atoms with Crippen LogP contribution in [0.15, 0.2) is 79.1 Å².